The van der Waals surface area contributed by atoms with E-state index >= 15 is 4.39 Å². The van der Waals surface area contributed by atoms with Crippen LogP contribution in [0.15, 0.2) is 36.5 Å². The Morgan fingerprint density at radius 2 is 2.06 bits per heavy atom. The van der Waals surface area contributed by atoms with Crippen molar-refractivity contribution in [3.8, 4) is 22.6 Å². The lowest BCUT2D eigenvalue weighted by Crippen LogP contribution is -2.64. The van der Waals surface area contributed by atoms with Gasteiger partial charge >= 0.3 is 25.6 Å². The summed E-state index contributed by atoms with van der Waals surface area (Å²) >= 11 is 0. The first-order valence-electron chi connectivity index (χ1n) is 11.3. The van der Waals surface area contributed by atoms with Gasteiger partial charge in [0.2, 0.25) is 5.82 Å². The highest BCUT2D eigenvalue weighted by Gasteiger charge is 2.91. The third-order valence-corrected chi connectivity index (χ3v) is 8.02. The molecule has 1 aromatic carbocycles. The van der Waals surface area contributed by atoms with Crippen molar-refractivity contribution >= 4 is 19.6 Å². The van der Waals surface area contributed by atoms with Crippen molar-refractivity contribution in [2.45, 2.75) is 44.1 Å². The second kappa shape index (κ2) is 7.14. The van der Waals surface area contributed by atoms with E-state index in [0.29, 0.717) is 36.5 Å². The van der Waals surface area contributed by atoms with Crippen LogP contribution >= 0.6 is 7.82 Å². The number of aliphatic hydroxyl groups is 1. The maximum atomic E-state index is 15.3. The number of aromatic nitrogens is 5. The second-order valence-electron chi connectivity index (χ2n) is 8.85. The quantitative estimate of drug-likeness (QED) is 0.482. The van der Waals surface area contributed by atoms with E-state index < -0.39 is 37.5 Å². The number of aliphatic hydroxyl groups excluding tert-OH is 1. The van der Waals surface area contributed by atoms with Gasteiger partial charge in [-0.1, -0.05) is 6.07 Å². The van der Waals surface area contributed by atoms with Gasteiger partial charge < -0.3 is 9.84 Å². The summed E-state index contributed by atoms with van der Waals surface area (Å²) in [4.78, 5) is 19.4. The molecule has 0 unspecified atom stereocenters. The Labute approximate surface area is 202 Å². The van der Waals surface area contributed by atoms with E-state index in [1.165, 1.54) is 23.1 Å². The lowest BCUT2D eigenvalue weighted by atomic mass is 10.0. The van der Waals surface area contributed by atoms with Crippen molar-refractivity contribution in [1.82, 2.24) is 25.2 Å². The number of phosphoric ester groups is 1. The molecule has 2 atom stereocenters. The molecule has 186 valence electrons. The van der Waals surface area contributed by atoms with Crippen molar-refractivity contribution in [2.24, 2.45) is 5.92 Å². The van der Waals surface area contributed by atoms with Gasteiger partial charge in [0.25, 0.3) is 0 Å². The Hall–Kier alpha value is -3.29. The van der Waals surface area contributed by atoms with E-state index in [1.807, 2.05) is 6.92 Å². The summed E-state index contributed by atoms with van der Waals surface area (Å²) in [6.07, 6.45) is 0.498. The van der Waals surface area contributed by atoms with E-state index in [9.17, 15) is 14.5 Å². The minimum atomic E-state index is -4.00. The number of nitrogens with zero attached hydrogens (tertiary/aromatic N) is 6. The molecule has 13 nitrogen and oxygen atoms in total. The van der Waals surface area contributed by atoms with Crippen molar-refractivity contribution in [1.29, 1.82) is 0 Å². The fourth-order valence-electron chi connectivity index (χ4n) is 4.66. The van der Waals surface area contributed by atoms with E-state index in [0.717, 1.165) is 11.0 Å². The second-order valence-corrected chi connectivity index (χ2v) is 10.3. The summed E-state index contributed by atoms with van der Waals surface area (Å²) < 4.78 is 49.3. The Morgan fingerprint density at radius 3 is 2.69 bits per heavy atom. The first-order valence-corrected chi connectivity index (χ1v) is 12.7. The molecule has 1 amide bonds. The van der Waals surface area contributed by atoms with Crippen LogP contribution in [0.1, 0.15) is 19.8 Å². The fourth-order valence-corrected chi connectivity index (χ4v) is 6.36. The maximum absolute atomic E-state index is 15.3. The van der Waals surface area contributed by atoms with Crippen molar-refractivity contribution < 1.29 is 37.2 Å². The number of pyridine rings is 1. The molecule has 1 spiro atoms. The van der Waals surface area contributed by atoms with Crippen LogP contribution in [0.4, 0.5) is 14.9 Å². The maximum Gasteiger partial charge on any atom is 0.486 e. The van der Waals surface area contributed by atoms with Gasteiger partial charge in [-0.05, 0) is 55.2 Å². The standard InChI is InChI=1S/C21H18FN6O7P/c1-2-27-25-18(24-26-27)16-8-5-12(10-23-16)14-7-6-13(9-15(14)22)28-19(30)32-20(17(29)11-3-4-11)21(28)34-36(31,33-20)35-21/h5-11,17,29H,2-4H2,1H3/t17-,20-,21?,36?/m1/s1. The number of anilines is 1. The number of halogens is 1. The number of tetrazole rings is 1. The van der Waals surface area contributed by atoms with Gasteiger partial charge in [0.1, 0.15) is 17.6 Å². The number of aryl methyl sites for hydroxylation is 1. The molecule has 8 rings (SSSR count). The third kappa shape index (κ3) is 2.84. The summed E-state index contributed by atoms with van der Waals surface area (Å²) in [5.74, 6) is -4.79. The lowest BCUT2D eigenvalue weighted by molar-refractivity contribution is -0.284. The highest BCUT2D eigenvalue weighted by molar-refractivity contribution is 7.50. The molecule has 2 aromatic heterocycles. The van der Waals surface area contributed by atoms with Crippen LogP contribution in [0.3, 0.4) is 0 Å². The monoisotopic (exact) mass is 516 g/mol. The lowest BCUT2D eigenvalue weighted by Gasteiger charge is -2.40. The first-order chi connectivity index (χ1) is 17.3. The zero-order chi connectivity index (χ0) is 24.9. The van der Waals surface area contributed by atoms with Crippen LogP contribution in [0.2, 0.25) is 0 Å². The minimum absolute atomic E-state index is 0.00725. The minimum Gasteiger partial charge on any atom is -0.405 e. The SMILES string of the molecule is CCn1nnc(-c2ccc(-c3ccc(N4C(=O)O[C@]5([C@H](O)C6CC6)OP6(=O)OC45O6)cc3F)cn2)n1. The van der Waals surface area contributed by atoms with Crippen LogP contribution in [0.5, 0.6) is 0 Å². The van der Waals surface area contributed by atoms with Gasteiger partial charge in [-0.15, -0.1) is 10.2 Å². The Morgan fingerprint density at radius 1 is 1.25 bits per heavy atom. The molecule has 15 heteroatoms. The van der Waals surface area contributed by atoms with E-state index in [4.69, 9.17) is 18.3 Å². The highest BCUT2D eigenvalue weighted by Crippen LogP contribution is 2.81. The molecular formula is C21H18FN6O7P. The molecule has 4 saturated heterocycles. The third-order valence-electron chi connectivity index (χ3n) is 6.58. The van der Waals surface area contributed by atoms with Gasteiger partial charge in [0.05, 0.1) is 12.2 Å². The average molecular weight is 516 g/mol. The molecule has 4 aliphatic heterocycles. The van der Waals surface area contributed by atoms with Crippen LogP contribution in [-0.2, 0) is 29.4 Å². The molecule has 2 bridgehead atoms. The van der Waals surface area contributed by atoms with E-state index in [2.05, 4.69) is 20.4 Å². The predicted molar refractivity (Wildman–Crippen MR) is 116 cm³/mol. The first kappa shape index (κ1) is 21.9. The molecule has 3 aromatic rings. The Kier molecular flexibility index (Phi) is 4.35. The number of benzene rings is 1. The number of ether oxygens (including phenoxy) is 1. The summed E-state index contributed by atoms with van der Waals surface area (Å²) in [5.41, 5.74) is 1.16. The molecule has 0 radical (unpaired) electrons. The molecule has 36 heavy (non-hydrogen) atoms. The zero-order valence-corrected chi connectivity index (χ0v) is 19.5. The van der Waals surface area contributed by atoms with Crippen LogP contribution < -0.4 is 4.90 Å². The summed E-state index contributed by atoms with van der Waals surface area (Å²) in [6, 6.07) is 7.29. The zero-order valence-electron chi connectivity index (χ0n) is 18.6. The number of hydrogen-bond donors (Lipinski definition) is 1. The van der Waals surface area contributed by atoms with Crippen LogP contribution in [0.25, 0.3) is 22.6 Å². The van der Waals surface area contributed by atoms with Crippen LogP contribution in [-0.4, -0.2) is 54.2 Å². The molecule has 6 heterocycles. The Bertz CT molecular complexity index is 1450. The Balaban J connectivity index is 1.20. The smallest absolute Gasteiger partial charge is 0.405 e. The highest BCUT2D eigenvalue weighted by atomic mass is 31.2. The summed E-state index contributed by atoms with van der Waals surface area (Å²) in [5, 5.41) is 22.8. The summed E-state index contributed by atoms with van der Waals surface area (Å²) in [7, 11) is -4.00. The van der Waals surface area contributed by atoms with Crippen molar-refractivity contribution in [3.63, 3.8) is 0 Å². The predicted octanol–water partition coefficient (Wildman–Crippen LogP) is 2.82. The summed E-state index contributed by atoms with van der Waals surface area (Å²) in [6.45, 7) is 2.45. The largest absolute Gasteiger partial charge is 0.486 e. The number of phosphoric acid groups is 1. The van der Waals surface area contributed by atoms with Gasteiger partial charge in [-0.25, -0.2) is 32.2 Å². The van der Waals surface area contributed by atoms with Gasteiger partial charge in [0.15, 0.2) is 0 Å². The van der Waals surface area contributed by atoms with E-state index in [1.54, 1.807) is 12.1 Å². The number of carbonyl (C=O) groups excluding carboxylic acids is 1. The number of hydrogen-bond acceptors (Lipinski definition) is 11. The number of carbonyl (C=O) groups is 1. The fraction of sp³-hybridized carbons (Fsp3) is 0.381. The van der Waals surface area contributed by atoms with Gasteiger partial charge in [-0.2, -0.15) is 4.80 Å². The molecule has 1 N–H and O–H groups in total. The number of amides is 1. The molecule has 5 fully saturated rings. The van der Waals surface area contributed by atoms with Gasteiger partial charge in [0, 0.05) is 17.3 Å². The molecular weight excluding hydrogens is 498 g/mol. The van der Waals surface area contributed by atoms with Crippen LogP contribution in [0, 0.1) is 11.7 Å². The van der Waals surface area contributed by atoms with E-state index in [-0.39, 0.29) is 17.2 Å². The molecule has 1 aliphatic carbocycles. The van der Waals surface area contributed by atoms with Gasteiger partial charge in [-0.3, -0.25) is 4.98 Å². The topological polar surface area (TPSA) is 151 Å². The normalized spacial score (nSPS) is 31.2. The molecule has 1 saturated carbocycles. The van der Waals surface area contributed by atoms with Crippen molar-refractivity contribution in [2.75, 3.05) is 4.90 Å². The van der Waals surface area contributed by atoms with Crippen molar-refractivity contribution in [3.05, 3.63) is 42.3 Å². The molecule has 5 aliphatic rings. The average Bonchev–Trinajstić information content (AvgIpc) is 3.36. The number of rotatable bonds is 6.